The number of nitro benzene ring substituents is 1. The number of esters is 1. The molecule has 0 fully saturated rings. The van der Waals surface area contributed by atoms with E-state index in [1.54, 1.807) is 6.92 Å². The van der Waals surface area contributed by atoms with Crippen LogP contribution in [-0.4, -0.2) is 29.4 Å². The fourth-order valence-electron chi connectivity index (χ4n) is 1.51. The molecule has 20 heavy (non-hydrogen) atoms. The Hall–Kier alpha value is -2.48. The summed E-state index contributed by atoms with van der Waals surface area (Å²) in [6, 6.07) is 2.75. The monoisotopic (exact) mass is 281 g/mol. The number of nitrogens with one attached hydrogen (secondary N) is 1. The smallest absolute Gasteiger partial charge is 0.332 e. The second-order valence-corrected chi connectivity index (χ2v) is 3.93. The fraction of sp³-hybridized carbons (Fsp3) is 0.333. The van der Waals surface area contributed by atoms with Crippen molar-refractivity contribution in [3.63, 3.8) is 0 Å². The molecule has 1 unspecified atom stereocenters. The van der Waals surface area contributed by atoms with Crippen LogP contribution in [0.2, 0.25) is 0 Å². The molecule has 8 heteroatoms. The topological polar surface area (TPSA) is 125 Å². The van der Waals surface area contributed by atoms with Gasteiger partial charge < -0.3 is 15.8 Å². The summed E-state index contributed by atoms with van der Waals surface area (Å²) >= 11 is 0. The molecule has 1 amide bonds. The largest absolute Gasteiger partial charge is 0.464 e. The number of nitro groups is 1. The van der Waals surface area contributed by atoms with Gasteiger partial charge in [-0.2, -0.15) is 0 Å². The Balaban J connectivity index is 2.89. The summed E-state index contributed by atoms with van der Waals surface area (Å²) < 4.78 is 4.62. The van der Waals surface area contributed by atoms with Gasteiger partial charge in [0.2, 0.25) is 0 Å². The van der Waals surface area contributed by atoms with Gasteiger partial charge >= 0.3 is 5.97 Å². The maximum Gasteiger partial charge on any atom is 0.332 e. The van der Waals surface area contributed by atoms with Gasteiger partial charge in [-0.05, 0) is 19.9 Å². The molecule has 0 saturated carbocycles. The van der Waals surface area contributed by atoms with Crippen molar-refractivity contribution in [1.82, 2.24) is 0 Å². The fourth-order valence-corrected chi connectivity index (χ4v) is 1.51. The number of nitrogens with two attached hydrogens (primary N) is 1. The molecule has 1 rings (SSSR count). The first-order valence-corrected chi connectivity index (χ1v) is 5.85. The number of hydrogen-bond acceptors (Lipinski definition) is 6. The molecule has 1 atom stereocenters. The maximum absolute atomic E-state index is 11.8. The van der Waals surface area contributed by atoms with Crippen molar-refractivity contribution in [2.45, 2.75) is 19.9 Å². The van der Waals surface area contributed by atoms with Gasteiger partial charge in [-0.15, -0.1) is 0 Å². The van der Waals surface area contributed by atoms with Crippen LogP contribution in [0.5, 0.6) is 0 Å². The lowest BCUT2D eigenvalue weighted by atomic mass is 10.1. The number of rotatable bonds is 5. The number of carbonyl (C=O) groups excluding carboxylic acids is 2. The highest BCUT2D eigenvalue weighted by atomic mass is 16.6. The Morgan fingerprint density at radius 1 is 1.50 bits per heavy atom. The Morgan fingerprint density at radius 3 is 2.70 bits per heavy atom. The standard InChI is InChI=1S/C12H15N3O5/c1-3-20-12(17)10(13)11(16)14-8-5-4-6-9(7(8)2)15(18)19/h4-6,10H,3,13H2,1-2H3,(H,14,16). The highest BCUT2D eigenvalue weighted by Crippen LogP contribution is 2.24. The third kappa shape index (κ3) is 3.51. The van der Waals surface area contributed by atoms with Crippen LogP contribution in [0, 0.1) is 17.0 Å². The van der Waals surface area contributed by atoms with Gasteiger partial charge in [-0.1, -0.05) is 6.07 Å². The van der Waals surface area contributed by atoms with E-state index in [1.807, 2.05) is 0 Å². The summed E-state index contributed by atoms with van der Waals surface area (Å²) in [4.78, 5) is 33.3. The molecule has 0 spiro atoms. The zero-order valence-electron chi connectivity index (χ0n) is 11.1. The van der Waals surface area contributed by atoms with Crippen LogP contribution >= 0.6 is 0 Å². The number of carbonyl (C=O) groups is 2. The molecule has 1 aromatic rings. The van der Waals surface area contributed by atoms with Gasteiger partial charge in [0.05, 0.1) is 22.8 Å². The van der Waals surface area contributed by atoms with E-state index >= 15 is 0 Å². The zero-order chi connectivity index (χ0) is 15.3. The lowest BCUT2D eigenvalue weighted by molar-refractivity contribution is -0.385. The average molecular weight is 281 g/mol. The second-order valence-electron chi connectivity index (χ2n) is 3.93. The van der Waals surface area contributed by atoms with Gasteiger partial charge in [0.25, 0.3) is 11.6 Å². The van der Waals surface area contributed by atoms with E-state index in [-0.39, 0.29) is 23.5 Å². The highest BCUT2D eigenvalue weighted by Gasteiger charge is 2.24. The van der Waals surface area contributed by atoms with Crippen LogP contribution < -0.4 is 11.1 Å². The molecule has 0 saturated heterocycles. The lowest BCUT2D eigenvalue weighted by Gasteiger charge is -2.12. The summed E-state index contributed by atoms with van der Waals surface area (Å²) in [6.45, 7) is 3.19. The number of benzene rings is 1. The Labute approximate surface area is 115 Å². The first-order valence-electron chi connectivity index (χ1n) is 5.85. The van der Waals surface area contributed by atoms with Crippen LogP contribution in [0.1, 0.15) is 12.5 Å². The molecular formula is C12H15N3O5. The summed E-state index contributed by atoms with van der Waals surface area (Å²) in [5.74, 6) is -1.64. The van der Waals surface area contributed by atoms with E-state index < -0.39 is 22.8 Å². The molecule has 1 aromatic carbocycles. The number of hydrogen-bond donors (Lipinski definition) is 2. The molecule has 0 heterocycles. The average Bonchev–Trinajstić information content (AvgIpc) is 2.40. The van der Waals surface area contributed by atoms with Crippen molar-refractivity contribution in [3.05, 3.63) is 33.9 Å². The van der Waals surface area contributed by atoms with Crippen LogP contribution in [-0.2, 0) is 14.3 Å². The van der Waals surface area contributed by atoms with Crippen molar-refractivity contribution in [2.75, 3.05) is 11.9 Å². The molecule has 0 aliphatic rings. The van der Waals surface area contributed by atoms with E-state index in [0.717, 1.165) is 0 Å². The van der Waals surface area contributed by atoms with Crippen molar-refractivity contribution >= 4 is 23.3 Å². The van der Waals surface area contributed by atoms with Gasteiger partial charge in [-0.25, -0.2) is 4.79 Å². The summed E-state index contributed by atoms with van der Waals surface area (Å²) in [7, 11) is 0. The quantitative estimate of drug-likeness (QED) is 0.355. The number of anilines is 1. The van der Waals surface area contributed by atoms with Crippen molar-refractivity contribution in [3.8, 4) is 0 Å². The Kier molecular flexibility index (Phi) is 5.15. The number of amides is 1. The van der Waals surface area contributed by atoms with E-state index in [2.05, 4.69) is 10.1 Å². The van der Waals surface area contributed by atoms with Crippen molar-refractivity contribution in [1.29, 1.82) is 0 Å². The normalized spacial score (nSPS) is 11.6. The molecule has 0 aromatic heterocycles. The number of ether oxygens (including phenoxy) is 1. The van der Waals surface area contributed by atoms with Gasteiger partial charge in [0.1, 0.15) is 0 Å². The molecule has 8 nitrogen and oxygen atoms in total. The molecular weight excluding hydrogens is 266 g/mol. The summed E-state index contributed by atoms with van der Waals surface area (Å²) in [5.41, 5.74) is 5.80. The lowest BCUT2D eigenvalue weighted by Crippen LogP contribution is -2.43. The maximum atomic E-state index is 11.8. The van der Waals surface area contributed by atoms with Crippen LogP contribution in [0.4, 0.5) is 11.4 Å². The van der Waals surface area contributed by atoms with Gasteiger partial charge in [0.15, 0.2) is 6.04 Å². The Bertz CT molecular complexity index is 544. The molecule has 0 aliphatic carbocycles. The minimum atomic E-state index is -1.48. The van der Waals surface area contributed by atoms with Crippen molar-refractivity contribution in [2.24, 2.45) is 5.73 Å². The minimum absolute atomic E-state index is 0.107. The third-order valence-corrected chi connectivity index (χ3v) is 2.58. The van der Waals surface area contributed by atoms with Crippen LogP contribution in [0.25, 0.3) is 0 Å². The third-order valence-electron chi connectivity index (χ3n) is 2.58. The predicted molar refractivity (Wildman–Crippen MR) is 71.1 cm³/mol. The highest BCUT2D eigenvalue weighted by molar-refractivity contribution is 6.08. The first kappa shape index (κ1) is 15.6. The second kappa shape index (κ2) is 6.62. The molecule has 0 aliphatic heterocycles. The predicted octanol–water partition coefficient (Wildman–Crippen LogP) is 0.732. The van der Waals surface area contributed by atoms with Crippen molar-refractivity contribution < 1.29 is 19.2 Å². The minimum Gasteiger partial charge on any atom is -0.464 e. The molecule has 0 bridgehead atoms. The molecule has 0 radical (unpaired) electrons. The number of nitrogens with zero attached hydrogens (tertiary/aromatic N) is 1. The molecule has 3 N–H and O–H groups in total. The van der Waals surface area contributed by atoms with E-state index in [0.29, 0.717) is 0 Å². The first-order chi connectivity index (χ1) is 9.38. The molecule has 108 valence electrons. The van der Waals surface area contributed by atoms with E-state index in [9.17, 15) is 19.7 Å². The summed E-state index contributed by atoms with van der Waals surface area (Å²) in [5, 5.41) is 13.2. The SMILES string of the molecule is CCOC(=O)C(N)C(=O)Nc1cccc([N+](=O)[O-])c1C. The summed E-state index contributed by atoms with van der Waals surface area (Å²) in [6.07, 6.45) is 0. The van der Waals surface area contributed by atoms with E-state index in [1.165, 1.54) is 25.1 Å². The van der Waals surface area contributed by atoms with Crippen LogP contribution in [0.3, 0.4) is 0 Å². The van der Waals surface area contributed by atoms with Gasteiger partial charge in [0, 0.05) is 6.07 Å². The van der Waals surface area contributed by atoms with E-state index in [4.69, 9.17) is 5.73 Å². The Morgan fingerprint density at radius 2 is 2.15 bits per heavy atom. The van der Waals surface area contributed by atoms with Gasteiger partial charge in [-0.3, -0.25) is 14.9 Å². The zero-order valence-corrected chi connectivity index (χ0v) is 11.1. The van der Waals surface area contributed by atoms with Crippen LogP contribution in [0.15, 0.2) is 18.2 Å².